The van der Waals surface area contributed by atoms with Gasteiger partial charge < -0.3 is 10.4 Å². The number of nitrogens with one attached hydrogen (secondary N) is 1. The summed E-state index contributed by atoms with van der Waals surface area (Å²) in [4.78, 5) is 34.2. The van der Waals surface area contributed by atoms with E-state index in [0.29, 0.717) is 11.1 Å². The molecule has 0 spiro atoms. The lowest BCUT2D eigenvalue weighted by molar-refractivity contribution is -0.385. The molecule has 8 nitrogen and oxygen atoms in total. The van der Waals surface area contributed by atoms with Crippen molar-refractivity contribution in [2.24, 2.45) is 0 Å². The minimum Gasteiger partial charge on any atom is -0.508 e. The molecule has 0 saturated carbocycles. The van der Waals surface area contributed by atoms with Crippen LogP contribution in [0.25, 0.3) is 10.8 Å². The molecule has 0 atom stereocenters. The fourth-order valence-electron chi connectivity index (χ4n) is 2.46. The van der Waals surface area contributed by atoms with Gasteiger partial charge in [-0.05, 0) is 23.6 Å². The standard InChI is InChI=1S/C17H13N3O5/c21-13-6-4-11-2-1-3-15(14(11)8-13)18-16(22)10-19-9-12(20(24)25)5-7-17(19)23/h1-9,21H,10H2,(H,18,22). The number of carbonyl (C=O) groups excluding carboxylic acids is 1. The molecule has 0 bridgehead atoms. The minimum absolute atomic E-state index is 0.0594. The molecule has 0 radical (unpaired) electrons. The zero-order valence-electron chi connectivity index (χ0n) is 12.9. The van der Waals surface area contributed by atoms with Crippen LogP contribution in [0.5, 0.6) is 5.75 Å². The zero-order chi connectivity index (χ0) is 18.0. The summed E-state index contributed by atoms with van der Waals surface area (Å²) < 4.78 is 0.968. The topological polar surface area (TPSA) is 114 Å². The second-order valence-electron chi connectivity index (χ2n) is 5.37. The van der Waals surface area contributed by atoms with Crippen LogP contribution in [-0.2, 0) is 11.3 Å². The third kappa shape index (κ3) is 3.47. The molecular weight excluding hydrogens is 326 g/mol. The van der Waals surface area contributed by atoms with E-state index in [2.05, 4.69) is 5.32 Å². The summed E-state index contributed by atoms with van der Waals surface area (Å²) in [5.74, 6) is -0.456. The van der Waals surface area contributed by atoms with Gasteiger partial charge in [-0.1, -0.05) is 18.2 Å². The van der Waals surface area contributed by atoms with Crippen LogP contribution < -0.4 is 10.9 Å². The lowest BCUT2D eigenvalue weighted by Gasteiger charge is -2.10. The van der Waals surface area contributed by atoms with Crippen molar-refractivity contribution in [2.75, 3.05) is 5.32 Å². The summed E-state index contributed by atoms with van der Waals surface area (Å²) >= 11 is 0. The molecule has 8 heteroatoms. The van der Waals surface area contributed by atoms with Crippen molar-refractivity contribution in [2.45, 2.75) is 6.54 Å². The maximum absolute atomic E-state index is 12.2. The molecule has 3 rings (SSSR count). The third-order valence-corrected chi connectivity index (χ3v) is 3.63. The fraction of sp³-hybridized carbons (Fsp3) is 0.0588. The predicted octanol–water partition coefficient (Wildman–Crippen LogP) is 2.25. The molecule has 1 amide bonds. The smallest absolute Gasteiger partial charge is 0.285 e. The number of benzene rings is 2. The van der Waals surface area contributed by atoms with E-state index >= 15 is 0 Å². The van der Waals surface area contributed by atoms with Crippen LogP contribution in [0, 0.1) is 10.1 Å². The Labute approximate surface area is 141 Å². The third-order valence-electron chi connectivity index (χ3n) is 3.63. The summed E-state index contributed by atoms with van der Waals surface area (Å²) in [5, 5.41) is 24.5. The highest BCUT2D eigenvalue weighted by Gasteiger charge is 2.12. The molecule has 3 aromatic rings. The molecule has 1 heterocycles. The van der Waals surface area contributed by atoms with Gasteiger partial charge in [0.15, 0.2) is 0 Å². The number of phenolic OH excluding ortho intramolecular Hbond substituents is 1. The molecule has 2 N–H and O–H groups in total. The predicted molar refractivity (Wildman–Crippen MR) is 91.6 cm³/mol. The number of aromatic nitrogens is 1. The Bertz CT molecular complexity index is 1040. The van der Waals surface area contributed by atoms with Crippen LogP contribution >= 0.6 is 0 Å². The molecule has 0 fully saturated rings. The van der Waals surface area contributed by atoms with E-state index in [-0.39, 0.29) is 18.0 Å². The molecule has 0 unspecified atom stereocenters. The maximum Gasteiger partial charge on any atom is 0.285 e. The van der Waals surface area contributed by atoms with Crippen LogP contribution in [-0.4, -0.2) is 20.5 Å². The number of carbonyl (C=O) groups is 1. The minimum atomic E-state index is -0.638. The van der Waals surface area contributed by atoms with E-state index in [0.717, 1.165) is 28.3 Å². The van der Waals surface area contributed by atoms with Crippen molar-refractivity contribution < 1.29 is 14.8 Å². The van der Waals surface area contributed by atoms with Crippen LogP contribution in [0.2, 0.25) is 0 Å². The molecule has 0 aliphatic rings. The second kappa shape index (κ2) is 6.44. The van der Waals surface area contributed by atoms with E-state index < -0.39 is 16.4 Å². The van der Waals surface area contributed by atoms with E-state index in [1.165, 1.54) is 12.1 Å². The molecule has 25 heavy (non-hydrogen) atoms. The van der Waals surface area contributed by atoms with Crippen molar-refractivity contribution in [1.29, 1.82) is 0 Å². The van der Waals surface area contributed by atoms with Crippen LogP contribution in [0.4, 0.5) is 11.4 Å². The number of phenols is 1. The lowest BCUT2D eigenvalue weighted by Crippen LogP contribution is -2.27. The van der Waals surface area contributed by atoms with Gasteiger partial charge in [0.05, 0.1) is 11.1 Å². The number of anilines is 1. The Morgan fingerprint density at radius 2 is 2.00 bits per heavy atom. The number of hydrogen-bond acceptors (Lipinski definition) is 5. The first-order valence-electron chi connectivity index (χ1n) is 7.30. The molecule has 1 aromatic heterocycles. The summed E-state index contributed by atoms with van der Waals surface area (Å²) in [6, 6.07) is 12.1. The molecule has 0 aliphatic heterocycles. The SMILES string of the molecule is O=C(Cn1cc([N+](=O)[O-])ccc1=O)Nc1cccc2ccc(O)cc12. The van der Waals surface area contributed by atoms with Crippen LogP contribution in [0.3, 0.4) is 0 Å². The largest absolute Gasteiger partial charge is 0.508 e. The average Bonchev–Trinajstić information content (AvgIpc) is 2.57. The Balaban J connectivity index is 1.87. The monoisotopic (exact) mass is 339 g/mol. The Morgan fingerprint density at radius 3 is 2.76 bits per heavy atom. The van der Waals surface area contributed by atoms with E-state index in [1.807, 2.05) is 6.07 Å². The number of nitro groups is 1. The quantitative estimate of drug-likeness (QED) is 0.559. The molecule has 0 saturated heterocycles. The van der Waals surface area contributed by atoms with Gasteiger partial charge in [-0.2, -0.15) is 0 Å². The highest BCUT2D eigenvalue weighted by atomic mass is 16.6. The van der Waals surface area contributed by atoms with Gasteiger partial charge in [-0.25, -0.2) is 0 Å². The molecule has 2 aromatic carbocycles. The Hall–Kier alpha value is -3.68. The van der Waals surface area contributed by atoms with Gasteiger partial charge >= 0.3 is 0 Å². The summed E-state index contributed by atoms with van der Waals surface area (Å²) in [7, 11) is 0. The first-order chi connectivity index (χ1) is 11.9. The van der Waals surface area contributed by atoms with Crippen molar-refractivity contribution in [3.8, 4) is 5.75 Å². The number of amides is 1. The van der Waals surface area contributed by atoms with Gasteiger partial charge in [-0.3, -0.25) is 24.3 Å². The number of aromatic hydroxyl groups is 1. The van der Waals surface area contributed by atoms with Crippen LogP contribution in [0.15, 0.2) is 59.5 Å². The molecule has 0 aliphatic carbocycles. The van der Waals surface area contributed by atoms with Gasteiger partial charge in [0.25, 0.3) is 11.2 Å². The first-order valence-corrected chi connectivity index (χ1v) is 7.30. The van der Waals surface area contributed by atoms with Gasteiger partial charge in [0.2, 0.25) is 5.91 Å². The molecular formula is C17H13N3O5. The summed E-state index contributed by atoms with van der Waals surface area (Å²) in [6.07, 6.45) is 1.02. The normalized spacial score (nSPS) is 10.6. The number of fused-ring (bicyclic) bond motifs is 1. The first kappa shape index (κ1) is 16.2. The highest BCUT2D eigenvalue weighted by molar-refractivity contribution is 6.02. The highest BCUT2D eigenvalue weighted by Crippen LogP contribution is 2.26. The number of nitrogens with zero attached hydrogens (tertiary/aromatic N) is 2. The van der Waals surface area contributed by atoms with Gasteiger partial charge in [0, 0.05) is 23.2 Å². The van der Waals surface area contributed by atoms with Crippen molar-refractivity contribution >= 4 is 28.1 Å². The lowest BCUT2D eigenvalue weighted by atomic mass is 10.1. The number of hydrogen-bond donors (Lipinski definition) is 2. The van der Waals surface area contributed by atoms with Gasteiger partial charge in [0.1, 0.15) is 12.3 Å². The van der Waals surface area contributed by atoms with Gasteiger partial charge in [-0.15, -0.1) is 0 Å². The Kier molecular flexibility index (Phi) is 4.17. The number of rotatable bonds is 4. The summed E-state index contributed by atoms with van der Waals surface area (Å²) in [6.45, 7) is -0.365. The van der Waals surface area contributed by atoms with E-state index in [1.54, 1.807) is 18.2 Å². The fourth-order valence-corrected chi connectivity index (χ4v) is 2.46. The van der Waals surface area contributed by atoms with Crippen molar-refractivity contribution in [1.82, 2.24) is 4.57 Å². The van der Waals surface area contributed by atoms with Crippen LogP contribution in [0.1, 0.15) is 0 Å². The molecule has 126 valence electrons. The Morgan fingerprint density at radius 1 is 1.20 bits per heavy atom. The zero-order valence-corrected chi connectivity index (χ0v) is 12.9. The van der Waals surface area contributed by atoms with Crippen molar-refractivity contribution in [3.63, 3.8) is 0 Å². The average molecular weight is 339 g/mol. The van der Waals surface area contributed by atoms with Crippen molar-refractivity contribution in [3.05, 3.63) is 75.2 Å². The van der Waals surface area contributed by atoms with E-state index in [9.17, 15) is 24.8 Å². The number of pyridine rings is 1. The maximum atomic E-state index is 12.2. The summed E-state index contributed by atoms with van der Waals surface area (Å²) in [5.41, 5.74) is -0.323. The second-order valence-corrected chi connectivity index (χ2v) is 5.37. The van der Waals surface area contributed by atoms with E-state index in [4.69, 9.17) is 0 Å².